The van der Waals surface area contributed by atoms with Crippen molar-refractivity contribution in [3.8, 4) is 16.6 Å². The molecule has 0 radical (unpaired) electrons. The number of nitrogens with one attached hydrogen (secondary N) is 1. The number of hydrogen-bond donors (Lipinski definition) is 1. The van der Waals surface area contributed by atoms with Gasteiger partial charge in [-0.15, -0.1) is 11.3 Å². The molecule has 1 aromatic carbocycles. The van der Waals surface area contributed by atoms with E-state index >= 15 is 0 Å². The number of aryl methyl sites for hydroxylation is 1. The molecule has 154 valence electrons. The van der Waals surface area contributed by atoms with Crippen LogP contribution in [0, 0.1) is 29.6 Å². The molecule has 3 rings (SSSR count). The lowest BCUT2D eigenvalue weighted by Crippen LogP contribution is -2.24. The Kier molecular flexibility index (Phi) is 6.13. The van der Waals surface area contributed by atoms with Crippen LogP contribution in [-0.2, 0) is 16.1 Å². The third kappa shape index (κ3) is 4.02. The van der Waals surface area contributed by atoms with Gasteiger partial charge in [-0.2, -0.15) is 5.26 Å². The van der Waals surface area contributed by atoms with Crippen molar-refractivity contribution < 1.29 is 14.3 Å². The second-order valence-electron chi connectivity index (χ2n) is 7.04. The number of nitriles is 1. The van der Waals surface area contributed by atoms with Gasteiger partial charge < -0.3 is 14.7 Å². The smallest absolute Gasteiger partial charge is 0.350 e. The van der Waals surface area contributed by atoms with Crippen LogP contribution in [0.4, 0.5) is 0 Å². The molecule has 7 nitrogen and oxygen atoms in total. The fourth-order valence-electron chi connectivity index (χ4n) is 3.34. The summed E-state index contributed by atoms with van der Waals surface area (Å²) >= 11 is 1.26. The quantitative estimate of drug-likeness (QED) is 0.449. The van der Waals surface area contributed by atoms with Crippen LogP contribution < -0.4 is 0 Å². The predicted molar refractivity (Wildman–Crippen MR) is 116 cm³/mol. The summed E-state index contributed by atoms with van der Waals surface area (Å²) in [5.41, 5.74) is 2.99. The number of ketones is 1. The molecule has 0 saturated heterocycles. The number of esters is 1. The number of rotatable bonds is 7. The second-order valence-corrected chi connectivity index (χ2v) is 8.04. The maximum Gasteiger partial charge on any atom is 0.350 e. The number of thiazole rings is 1. The number of nitrogens with zero attached hydrogens (tertiary/aromatic N) is 3. The van der Waals surface area contributed by atoms with E-state index in [9.17, 15) is 14.9 Å². The molecule has 0 aliphatic rings. The Hall–Kier alpha value is -3.31. The van der Waals surface area contributed by atoms with E-state index in [-0.39, 0.29) is 11.8 Å². The Balaban J connectivity index is 2.04. The van der Waals surface area contributed by atoms with Crippen LogP contribution in [0.25, 0.3) is 21.5 Å². The van der Waals surface area contributed by atoms with Crippen LogP contribution in [0.2, 0.25) is 0 Å². The molecular formula is C22H22N4O3S. The molecule has 3 aromatic rings. The average molecular weight is 423 g/mol. The SMILES string of the molecule is CCOC(=O)c1sc(-c2ccc3c(c2)c(C#N)cn3CC(C(C)=N)C(C)=O)nc1C. The predicted octanol–water partition coefficient (Wildman–Crippen LogP) is 4.37. The molecule has 1 atom stereocenters. The Labute approximate surface area is 178 Å². The summed E-state index contributed by atoms with van der Waals surface area (Å²) in [6.07, 6.45) is 1.71. The first kappa shape index (κ1) is 21.4. The third-order valence-electron chi connectivity index (χ3n) is 4.90. The lowest BCUT2D eigenvalue weighted by Gasteiger charge is -2.14. The molecule has 0 amide bonds. The van der Waals surface area contributed by atoms with Gasteiger partial charge in [0, 0.05) is 34.9 Å². The van der Waals surface area contributed by atoms with Gasteiger partial charge in [-0.05, 0) is 45.9 Å². The van der Waals surface area contributed by atoms with Gasteiger partial charge >= 0.3 is 5.97 Å². The minimum atomic E-state index is -0.527. The summed E-state index contributed by atoms with van der Waals surface area (Å²) in [5, 5.41) is 18.9. The number of fused-ring (bicyclic) bond motifs is 1. The van der Waals surface area contributed by atoms with E-state index in [4.69, 9.17) is 10.1 Å². The summed E-state index contributed by atoms with van der Waals surface area (Å²) in [7, 11) is 0. The highest BCUT2D eigenvalue weighted by Crippen LogP contribution is 2.32. The average Bonchev–Trinajstić information content (AvgIpc) is 3.25. The van der Waals surface area contributed by atoms with E-state index in [1.54, 1.807) is 27.0 Å². The van der Waals surface area contributed by atoms with Crippen molar-refractivity contribution in [2.45, 2.75) is 34.2 Å². The Bertz CT molecular complexity index is 1190. The fraction of sp³-hybridized carbons (Fsp3) is 0.318. The third-order valence-corrected chi connectivity index (χ3v) is 6.09. The zero-order chi connectivity index (χ0) is 22.0. The molecule has 1 N–H and O–H groups in total. The zero-order valence-corrected chi connectivity index (χ0v) is 18.1. The second kappa shape index (κ2) is 8.59. The highest BCUT2D eigenvalue weighted by atomic mass is 32.1. The largest absolute Gasteiger partial charge is 0.462 e. The first-order valence-corrected chi connectivity index (χ1v) is 10.3. The minimum Gasteiger partial charge on any atom is -0.462 e. The molecule has 8 heteroatoms. The topological polar surface area (TPSA) is 109 Å². The van der Waals surface area contributed by atoms with Gasteiger partial charge in [-0.25, -0.2) is 9.78 Å². The molecule has 1 unspecified atom stereocenters. The van der Waals surface area contributed by atoms with E-state index in [1.165, 1.54) is 18.3 Å². The number of hydrogen-bond acceptors (Lipinski definition) is 7. The van der Waals surface area contributed by atoms with E-state index in [2.05, 4.69) is 11.1 Å². The van der Waals surface area contributed by atoms with Gasteiger partial charge in [0.05, 0.1) is 23.8 Å². The maximum absolute atomic E-state index is 12.1. The highest BCUT2D eigenvalue weighted by molar-refractivity contribution is 7.17. The summed E-state index contributed by atoms with van der Waals surface area (Å²) in [5.74, 6) is -0.995. The standard InChI is InChI=1S/C22H22N4O3S/c1-5-29-22(28)20-13(3)25-21(30-20)15-6-7-19-17(8-15)16(9-23)10-26(19)11-18(12(2)24)14(4)27/h6-8,10,18,24H,5,11H2,1-4H3. The van der Waals surface area contributed by atoms with Gasteiger partial charge in [0.15, 0.2) is 0 Å². The van der Waals surface area contributed by atoms with Crippen LogP contribution in [-0.4, -0.2) is 33.6 Å². The normalized spacial score (nSPS) is 11.8. The van der Waals surface area contributed by atoms with Crippen molar-refractivity contribution in [1.82, 2.24) is 9.55 Å². The Morgan fingerprint density at radius 3 is 2.70 bits per heavy atom. The van der Waals surface area contributed by atoms with Crippen molar-refractivity contribution in [3.63, 3.8) is 0 Å². The van der Waals surface area contributed by atoms with Crippen molar-refractivity contribution in [1.29, 1.82) is 10.7 Å². The lowest BCUT2D eigenvalue weighted by atomic mass is 10.0. The number of benzene rings is 1. The van der Waals surface area contributed by atoms with Crippen LogP contribution in [0.5, 0.6) is 0 Å². The number of Topliss-reactive ketones (excluding diaryl/α,β-unsaturated/α-hetero) is 1. The summed E-state index contributed by atoms with van der Waals surface area (Å²) in [6.45, 7) is 7.23. The first-order valence-electron chi connectivity index (χ1n) is 9.50. The molecule has 0 aliphatic heterocycles. The van der Waals surface area contributed by atoms with Gasteiger partial charge in [0.25, 0.3) is 0 Å². The fourth-order valence-corrected chi connectivity index (χ4v) is 4.30. The molecule has 2 aromatic heterocycles. The summed E-state index contributed by atoms with van der Waals surface area (Å²) in [6, 6.07) is 7.83. The van der Waals surface area contributed by atoms with Crippen molar-refractivity contribution in [2.24, 2.45) is 5.92 Å². The van der Waals surface area contributed by atoms with Gasteiger partial charge in [0.2, 0.25) is 0 Å². The molecule has 30 heavy (non-hydrogen) atoms. The molecule has 0 bridgehead atoms. The van der Waals surface area contributed by atoms with E-state index in [1.807, 2.05) is 22.8 Å². The molecular weight excluding hydrogens is 400 g/mol. The van der Waals surface area contributed by atoms with E-state index in [0.717, 1.165) is 16.5 Å². The molecule has 0 spiro atoms. The number of aromatic nitrogens is 2. The zero-order valence-electron chi connectivity index (χ0n) is 17.3. The van der Waals surface area contributed by atoms with Crippen LogP contribution in [0.15, 0.2) is 24.4 Å². The summed E-state index contributed by atoms with van der Waals surface area (Å²) in [4.78, 5) is 29.0. The summed E-state index contributed by atoms with van der Waals surface area (Å²) < 4.78 is 6.93. The van der Waals surface area contributed by atoms with Crippen molar-refractivity contribution >= 4 is 39.7 Å². The Morgan fingerprint density at radius 1 is 1.37 bits per heavy atom. The van der Waals surface area contributed by atoms with Gasteiger partial charge in [-0.1, -0.05) is 0 Å². The number of carbonyl (C=O) groups excluding carboxylic acids is 2. The van der Waals surface area contributed by atoms with Gasteiger partial charge in [-0.3, -0.25) is 4.79 Å². The Morgan fingerprint density at radius 2 is 2.10 bits per heavy atom. The molecule has 0 saturated carbocycles. The van der Waals surface area contributed by atoms with E-state index in [0.29, 0.717) is 40.0 Å². The molecule has 0 aliphatic carbocycles. The van der Waals surface area contributed by atoms with Crippen LogP contribution in [0.3, 0.4) is 0 Å². The van der Waals surface area contributed by atoms with Gasteiger partial charge in [0.1, 0.15) is 21.7 Å². The monoisotopic (exact) mass is 422 g/mol. The van der Waals surface area contributed by atoms with Crippen LogP contribution >= 0.6 is 11.3 Å². The molecule has 0 fully saturated rings. The van der Waals surface area contributed by atoms with E-state index < -0.39 is 5.92 Å². The highest BCUT2D eigenvalue weighted by Gasteiger charge is 2.21. The molecule has 2 heterocycles. The number of ether oxygens (including phenoxy) is 1. The number of carbonyl (C=O) groups is 2. The maximum atomic E-state index is 12.1. The van der Waals surface area contributed by atoms with Crippen molar-refractivity contribution in [3.05, 3.63) is 40.5 Å². The minimum absolute atomic E-state index is 0.0794. The lowest BCUT2D eigenvalue weighted by molar-refractivity contribution is -0.119. The van der Waals surface area contributed by atoms with Crippen LogP contribution in [0.1, 0.15) is 41.7 Å². The van der Waals surface area contributed by atoms with Crippen molar-refractivity contribution in [2.75, 3.05) is 6.61 Å². The first-order chi connectivity index (χ1) is 14.3.